The number of aliphatic hydroxyl groups is 1. The first kappa shape index (κ1) is 39.8. The molecule has 1 aliphatic carbocycles. The van der Waals surface area contributed by atoms with Crippen LogP contribution in [0.1, 0.15) is 64.9 Å². The minimum atomic E-state index is -1.77. The standard InChI is InChI=1S/C37H51ClN2O9S2/c1-21-9-8-10-29(46-6)37(44)19-28(47-35(43)39-37)22(2)33-36(3,49-33)30(48-34(42)25-13-11-23(12-14-25)20-51-50-7)18-31(41)40(4)26-16-24(15-21)17-27(45-5)32(26)38/h8-10,16-17,22-23,25,28-30,33,44H,11-15,18-20H2,1-7H3,(H,39,43)/b10-8+,21-9+/t22-,23-,25-,28+,29-,30+,33+,36+,37+/m1/s1. The molecule has 0 aromatic heterocycles. The zero-order chi connectivity index (χ0) is 37.1. The molecule has 3 heterocycles. The number of carbonyl (C=O) groups is 3. The maximum Gasteiger partial charge on any atom is 0.409 e. The summed E-state index contributed by atoms with van der Waals surface area (Å²) in [5.74, 6) is 0.668. The summed E-state index contributed by atoms with van der Waals surface area (Å²) in [6.07, 6.45) is 7.17. The van der Waals surface area contributed by atoms with E-state index >= 15 is 0 Å². The van der Waals surface area contributed by atoms with Gasteiger partial charge >= 0.3 is 12.1 Å². The molecule has 7 atom stereocenters. The number of ether oxygens (including phenoxy) is 5. The molecule has 1 aromatic carbocycles. The van der Waals surface area contributed by atoms with Crippen molar-refractivity contribution in [2.75, 3.05) is 38.2 Å². The number of carbonyl (C=O) groups excluding carboxylic acids is 3. The third-order valence-electron chi connectivity index (χ3n) is 10.8. The summed E-state index contributed by atoms with van der Waals surface area (Å²) in [4.78, 5) is 42.2. The number of esters is 1. The van der Waals surface area contributed by atoms with E-state index in [1.807, 2.05) is 49.8 Å². The lowest BCUT2D eigenvalue weighted by molar-refractivity contribution is -0.160. The second kappa shape index (κ2) is 16.7. The fourth-order valence-electron chi connectivity index (χ4n) is 7.57. The summed E-state index contributed by atoms with van der Waals surface area (Å²) in [5, 5.41) is 14.6. The highest BCUT2D eigenvalue weighted by molar-refractivity contribution is 8.76. The Bertz CT molecular complexity index is 1520. The molecule has 0 spiro atoms. The molecule has 3 fully saturated rings. The van der Waals surface area contributed by atoms with Gasteiger partial charge in [0.25, 0.3) is 0 Å². The van der Waals surface area contributed by atoms with Gasteiger partial charge in [0.2, 0.25) is 5.91 Å². The van der Waals surface area contributed by atoms with Gasteiger partial charge in [-0.1, -0.05) is 63.9 Å². The summed E-state index contributed by atoms with van der Waals surface area (Å²) < 4.78 is 29.5. The molecular formula is C37H51ClN2O9S2. The Kier molecular flexibility index (Phi) is 13.0. The number of anilines is 1. The third kappa shape index (κ3) is 9.04. The van der Waals surface area contributed by atoms with Crippen LogP contribution in [0.2, 0.25) is 5.02 Å². The Morgan fingerprint density at radius 2 is 1.92 bits per heavy atom. The van der Waals surface area contributed by atoms with Crippen molar-refractivity contribution in [2.45, 2.75) is 101 Å². The first-order valence-corrected chi connectivity index (χ1v) is 20.6. The predicted octanol–water partition coefficient (Wildman–Crippen LogP) is 6.49. The number of epoxide rings is 1. The number of fused-ring (bicyclic) bond motifs is 5. The lowest BCUT2D eigenvalue weighted by Crippen LogP contribution is -2.63. The summed E-state index contributed by atoms with van der Waals surface area (Å²) >= 11 is 6.78. The molecule has 5 rings (SSSR count). The second-order valence-electron chi connectivity index (χ2n) is 14.4. The number of alkyl carbamates (subject to hydrolysis) is 1. The number of nitrogens with zero attached hydrogens (tertiary/aromatic N) is 1. The van der Waals surface area contributed by atoms with Gasteiger partial charge in [-0.15, -0.1) is 0 Å². The minimum absolute atomic E-state index is 0.00963. The number of hydrogen-bond donors (Lipinski definition) is 2. The Hall–Kier alpha value is -2.42. The van der Waals surface area contributed by atoms with Crippen LogP contribution in [-0.4, -0.2) is 92.1 Å². The lowest BCUT2D eigenvalue weighted by Gasteiger charge is -2.42. The molecule has 51 heavy (non-hydrogen) atoms. The van der Waals surface area contributed by atoms with E-state index in [0.717, 1.165) is 42.6 Å². The van der Waals surface area contributed by atoms with Gasteiger partial charge in [-0.05, 0) is 75.8 Å². The SMILES string of the molecule is COc1cc2cc(c1Cl)N(C)C(=O)C[C@H](OC(=O)[C@H]1CC[C@H](CSSC)CC1)[C@]1(C)O[C@H]1[C@H](C)[C@@H]1C[C@@](O)(NC(=O)O1)[C@H](OC)/C=C/C=C(\C)C2. The van der Waals surface area contributed by atoms with E-state index in [4.69, 9.17) is 35.3 Å². The van der Waals surface area contributed by atoms with Crippen LogP contribution in [0, 0.1) is 17.8 Å². The van der Waals surface area contributed by atoms with E-state index in [9.17, 15) is 19.5 Å². The normalized spacial score (nSPS) is 36.1. The first-order chi connectivity index (χ1) is 24.2. The molecule has 0 unspecified atom stereocenters. The number of methoxy groups -OCH3 is 2. The van der Waals surface area contributed by atoms with Gasteiger partial charge in [0.1, 0.15) is 34.7 Å². The molecule has 3 aliphatic heterocycles. The molecule has 1 aromatic rings. The van der Waals surface area contributed by atoms with Crippen molar-refractivity contribution in [3.8, 4) is 5.75 Å². The molecule has 2 saturated heterocycles. The number of rotatable bonds is 7. The van der Waals surface area contributed by atoms with Crippen LogP contribution in [0.4, 0.5) is 10.5 Å². The van der Waals surface area contributed by atoms with Gasteiger partial charge in [-0.25, -0.2) is 4.79 Å². The fraction of sp³-hybridized carbons (Fsp3) is 0.649. The molecule has 11 nitrogen and oxygen atoms in total. The van der Waals surface area contributed by atoms with E-state index in [1.54, 1.807) is 30.0 Å². The summed E-state index contributed by atoms with van der Waals surface area (Å²) in [5.41, 5.74) is -0.559. The quantitative estimate of drug-likeness (QED) is 0.179. The topological polar surface area (TPSA) is 136 Å². The molecule has 0 radical (unpaired) electrons. The van der Waals surface area contributed by atoms with Crippen molar-refractivity contribution in [1.29, 1.82) is 0 Å². The second-order valence-corrected chi connectivity index (χ2v) is 17.4. The molecular weight excluding hydrogens is 716 g/mol. The number of halogens is 1. The van der Waals surface area contributed by atoms with Gasteiger partial charge in [-0.3, -0.25) is 14.9 Å². The van der Waals surface area contributed by atoms with Crippen LogP contribution in [0.3, 0.4) is 0 Å². The van der Waals surface area contributed by atoms with Crippen molar-refractivity contribution in [1.82, 2.24) is 5.32 Å². The fourth-order valence-corrected chi connectivity index (χ4v) is 9.53. The zero-order valence-electron chi connectivity index (χ0n) is 30.4. The molecule has 14 heteroatoms. The first-order valence-electron chi connectivity index (χ1n) is 17.5. The highest BCUT2D eigenvalue weighted by Gasteiger charge is 2.64. The molecule has 282 valence electrons. The molecule has 4 aliphatic rings. The summed E-state index contributed by atoms with van der Waals surface area (Å²) in [6, 6.07) is 3.68. The number of benzene rings is 1. The molecule has 1 saturated carbocycles. The van der Waals surface area contributed by atoms with Crippen molar-refractivity contribution < 1.29 is 43.2 Å². The van der Waals surface area contributed by atoms with Crippen LogP contribution in [0.15, 0.2) is 35.9 Å². The highest BCUT2D eigenvalue weighted by Crippen LogP contribution is 2.49. The van der Waals surface area contributed by atoms with Crippen LogP contribution in [0.25, 0.3) is 0 Å². The minimum Gasteiger partial charge on any atom is -0.495 e. The number of nitrogens with one attached hydrogen (secondary N) is 1. The monoisotopic (exact) mass is 766 g/mol. The Morgan fingerprint density at radius 1 is 1.20 bits per heavy atom. The van der Waals surface area contributed by atoms with Crippen molar-refractivity contribution in [2.24, 2.45) is 17.8 Å². The highest BCUT2D eigenvalue weighted by atomic mass is 35.5. The van der Waals surface area contributed by atoms with Gasteiger partial charge in [0, 0.05) is 32.2 Å². The van der Waals surface area contributed by atoms with Crippen LogP contribution in [-0.2, 0) is 35.0 Å². The van der Waals surface area contributed by atoms with Crippen molar-refractivity contribution in [3.05, 3.63) is 46.5 Å². The molecule has 2 N–H and O–H groups in total. The lowest BCUT2D eigenvalue weighted by atomic mass is 9.82. The van der Waals surface area contributed by atoms with Crippen molar-refractivity contribution >= 4 is 56.8 Å². The maximum absolute atomic E-state index is 14.1. The number of amides is 2. The smallest absolute Gasteiger partial charge is 0.409 e. The van der Waals surface area contributed by atoms with Gasteiger partial charge < -0.3 is 33.7 Å². The Labute approximate surface area is 313 Å². The van der Waals surface area contributed by atoms with Crippen LogP contribution < -0.4 is 15.0 Å². The predicted molar refractivity (Wildman–Crippen MR) is 200 cm³/mol. The van der Waals surface area contributed by atoms with Gasteiger partial charge in [-0.2, -0.15) is 0 Å². The maximum atomic E-state index is 14.1. The Morgan fingerprint density at radius 3 is 2.59 bits per heavy atom. The Balaban J connectivity index is 1.49. The van der Waals surface area contributed by atoms with E-state index < -0.39 is 47.8 Å². The third-order valence-corrected chi connectivity index (χ3v) is 13.1. The largest absolute Gasteiger partial charge is 0.495 e. The van der Waals surface area contributed by atoms with Crippen LogP contribution >= 0.6 is 33.2 Å². The van der Waals surface area contributed by atoms with E-state index in [1.165, 1.54) is 19.1 Å². The summed E-state index contributed by atoms with van der Waals surface area (Å²) in [7, 11) is 8.23. The van der Waals surface area contributed by atoms with Gasteiger partial charge in [0.05, 0.1) is 31.2 Å². The zero-order valence-corrected chi connectivity index (χ0v) is 32.8. The van der Waals surface area contributed by atoms with E-state index in [2.05, 4.69) is 11.6 Å². The van der Waals surface area contributed by atoms with Crippen LogP contribution in [0.5, 0.6) is 5.75 Å². The van der Waals surface area contributed by atoms with E-state index in [0.29, 0.717) is 23.8 Å². The molecule has 2 amide bonds. The average Bonchev–Trinajstić information content (AvgIpc) is 3.80. The van der Waals surface area contributed by atoms with E-state index in [-0.39, 0.29) is 35.7 Å². The number of hydrogen-bond acceptors (Lipinski definition) is 11. The molecule has 4 bridgehead atoms. The average molecular weight is 767 g/mol. The number of allylic oxidation sites excluding steroid dienone is 3. The van der Waals surface area contributed by atoms with Crippen molar-refractivity contribution in [3.63, 3.8) is 0 Å². The summed E-state index contributed by atoms with van der Waals surface area (Å²) in [6.45, 7) is 5.64. The van der Waals surface area contributed by atoms with Gasteiger partial charge in [0.15, 0.2) is 5.72 Å².